The van der Waals surface area contributed by atoms with Gasteiger partial charge in [0.1, 0.15) is 0 Å². The molecule has 4 nitrogen and oxygen atoms in total. The molecular formula is C15H19N3O. The second-order valence-corrected chi connectivity index (χ2v) is 5.35. The maximum absolute atomic E-state index is 12.2. The van der Waals surface area contributed by atoms with E-state index in [1.165, 1.54) is 5.39 Å². The second kappa shape index (κ2) is 4.70. The van der Waals surface area contributed by atoms with Crippen LogP contribution in [0.2, 0.25) is 0 Å². The Balaban J connectivity index is 1.68. The predicted octanol–water partition coefficient (Wildman–Crippen LogP) is 1.78. The SMILES string of the molecule is CNCC1(C(=O)NCc2c[nH]c3ccccc23)CC1. The minimum Gasteiger partial charge on any atom is -0.361 e. The number of rotatable bonds is 5. The first kappa shape index (κ1) is 12.2. The van der Waals surface area contributed by atoms with E-state index in [0.29, 0.717) is 6.54 Å². The van der Waals surface area contributed by atoms with E-state index in [1.807, 2.05) is 31.4 Å². The molecule has 19 heavy (non-hydrogen) atoms. The van der Waals surface area contributed by atoms with E-state index >= 15 is 0 Å². The zero-order valence-electron chi connectivity index (χ0n) is 11.1. The molecular weight excluding hydrogens is 238 g/mol. The number of hydrogen-bond donors (Lipinski definition) is 3. The summed E-state index contributed by atoms with van der Waals surface area (Å²) < 4.78 is 0. The minimum absolute atomic E-state index is 0.152. The molecule has 3 rings (SSSR count). The lowest BCUT2D eigenvalue weighted by Crippen LogP contribution is -2.37. The van der Waals surface area contributed by atoms with Crippen LogP contribution in [0.5, 0.6) is 0 Å². The Bertz CT molecular complexity index is 598. The van der Waals surface area contributed by atoms with Gasteiger partial charge in [0, 0.05) is 30.2 Å². The van der Waals surface area contributed by atoms with Crippen LogP contribution in [0.3, 0.4) is 0 Å². The Morgan fingerprint density at radius 1 is 1.37 bits per heavy atom. The first-order chi connectivity index (χ1) is 9.25. The second-order valence-electron chi connectivity index (χ2n) is 5.35. The normalized spacial score (nSPS) is 16.5. The van der Waals surface area contributed by atoms with Crippen LogP contribution in [0.4, 0.5) is 0 Å². The molecule has 1 aliphatic rings. The smallest absolute Gasteiger partial charge is 0.227 e. The van der Waals surface area contributed by atoms with Crippen molar-refractivity contribution >= 4 is 16.8 Å². The van der Waals surface area contributed by atoms with Crippen LogP contribution >= 0.6 is 0 Å². The van der Waals surface area contributed by atoms with Crippen LogP contribution in [-0.4, -0.2) is 24.5 Å². The lowest BCUT2D eigenvalue weighted by molar-refractivity contribution is -0.126. The van der Waals surface area contributed by atoms with E-state index in [2.05, 4.69) is 21.7 Å². The summed E-state index contributed by atoms with van der Waals surface area (Å²) in [6.07, 6.45) is 3.96. The van der Waals surface area contributed by atoms with E-state index in [4.69, 9.17) is 0 Å². The molecule has 0 radical (unpaired) electrons. The van der Waals surface area contributed by atoms with E-state index in [-0.39, 0.29) is 11.3 Å². The molecule has 4 heteroatoms. The highest BCUT2D eigenvalue weighted by atomic mass is 16.2. The quantitative estimate of drug-likeness (QED) is 0.765. The van der Waals surface area contributed by atoms with Gasteiger partial charge < -0.3 is 15.6 Å². The topological polar surface area (TPSA) is 56.9 Å². The first-order valence-electron chi connectivity index (χ1n) is 6.73. The van der Waals surface area contributed by atoms with Gasteiger partial charge in [0.05, 0.1) is 5.41 Å². The summed E-state index contributed by atoms with van der Waals surface area (Å²) in [5.74, 6) is 0.173. The largest absolute Gasteiger partial charge is 0.361 e. The molecule has 1 aliphatic carbocycles. The van der Waals surface area contributed by atoms with Gasteiger partial charge >= 0.3 is 0 Å². The number of aromatic nitrogens is 1. The number of carbonyl (C=O) groups is 1. The first-order valence-corrected chi connectivity index (χ1v) is 6.73. The Hall–Kier alpha value is -1.81. The maximum Gasteiger partial charge on any atom is 0.227 e. The van der Waals surface area contributed by atoms with Crippen LogP contribution in [0.15, 0.2) is 30.5 Å². The summed E-state index contributed by atoms with van der Waals surface area (Å²) >= 11 is 0. The Morgan fingerprint density at radius 2 is 2.16 bits per heavy atom. The van der Waals surface area contributed by atoms with Gasteiger partial charge in [0.2, 0.25) is 5.91 Å². The molecule has 0 spiro atoms. The Morgan fingerprint density at radius 3 is 2.89 bits per heavy atom. The van der Waals surface area contributed by atoms with Crippen molar-refractivity contribution in [2.75, 3.05) is 13.6 Å². The minimum atomic E-state index is -0.152. The van der Waals surface area contributed by atoms with Gasteiger partial charge in [-0.3, -0.25) is 4.79 Å². The molecule has 100 valence electrons. The number of carbonyl (C=O) groups excluding carboxylic acids is 1. The van der Waals surface area contributed by atoms with Crippen molar-refractivity contribution in [1.29, 1.82) is 0 Å². The lowest BCUT2D eigenvalue weighted by Gasteiger charge is -2.14. The van der Waals surface area contributed by atoms with Crippen molar-refractivity contribution in [2.45, 2.75) is 19.4 Å². The van der Waals surface area contributed by atoms with Crippen molar-refractivity contribution in [2.24, 2.45) is 5.41 Å². The van der Waals surface area contributed by atoms with E-state index in [1.54, 1.807) is 0 Å². The zero-order chi connectivity index (χ0) is 13.3. The van der Waals surface area contributed by atoms with Crippen LogP contribution in [0, 0.1) is 5.41 Å². The number of nitrogens with one attached hydrogen (secondary N) is 3. The molecule has 1 aromatic carbocycles. The Kier molecular flexibility index (Phi) is 3.03. The zero-order valence-corrected chi connectivity index (χ0v) is 11.1. The number of para-hydroxylation sites is 1. The Labute approximate surface area is 112 Å². The summed E-state index contributed by atoms with van der Waals surface area (Å²) in [4.78, 5) is 15.4. The monoisotopic (exact) mass is 257 g/mol. The lowest BCUT2D eigenvalue weighted by atomic mass is 10.1. The number of benzene rings is 1. The molecule has 2 aromatic rings. The molecule has 1 amide bonds. The highest BCUT2D eigenvalue weighted by molar-refractivity contribution is 5.87. The van der Waals surface area contributed by atoms with Gasteiger partial charge in [-0.15, -0.1) is 0 Å². The maximum atomic E-state index is 12.2. The van der Waals surface area contributed by atoms with Gasteiger partial charge in [-0.25, -0.2) is 0 Å². The number of hydrogen-bond acceptors (Lipinski definition) is 2. The molecule has 0 unspecified atom stereocenters. The highest BCUT2D eigenvalue weighted by Crippen LogP contribution is 2.45. The van der Waals surface area contributed by atoms with Crippen LogP contribution < -0.4 is 10.6 Å². The fraction of sp³-hybridized carbons (Fsp3) is 0.400. The van der Waals surface area contributed by atoms with E-state index in [0.717, 1.165) is 30.5 Å². The third-order valence-corrected chi connectivity index (χ3v) is 3.96. The van der Waals surface area contributed by atoms with Crippen molar-refractivity contribution in [3.8, 4) is 0 Å². The van der Waals surface area contributed by atoms with Crippen LogP contribution in [0.1, 0.15) is 18.4 Å². The van der Waals surface area contributed by atoms with Crippen molar-refractivity contribution in [1.82, 2.24) is 15.6 Å². The van der Waals surface area contributed by atoms with Crippen LogP contribution in [-0.2, 0) is 11.3 Å². The fourth-order valence-corrected chi connectivity index (χ4v) is 2.61. The number of H-pyrrole nitrogens is 1. The van der Waals surface area contributed by atoms with Crippen molar-refractivity contribution in [3.63, 3.8) is 0 Å². The number of aromatic amines is 1. The average molecular weight is 257 g/mol. The third-order valence-electron chi connectivity index (χ3n) is 3.96. The predicted molar refractivity (Wildman–Crippen MR) is 75.7 cm³/mol. The molecule has 0 atom stereocenters. The summed E-state index contributed by atoms with van der Waals surface area (Å²) in [7, 11) is 1.90. The van der Waals surface area contributed by atoms with Gasteiger partial charge in [-0.1, -0.05) is 18.2 Å². The fourth-order valence-electron chi connectivity index (χ4n) is 2.61. The molecule has 0 saturated heterocycles. The van der Waals surface area contributed by atoms with Gasteiger partial charge in [0.15, 0.2) is 0 Å². The van der Waals surface area contributed by atoms with Gasteiger partial charge in [0.25, 0.3) is 0 Å². The van der Waals surface area contributed by atoms with E-state index < -0.39 is 0 Å². The highest BCUT2D eigenvalue weighted by Gasteiger charge is 2.48. The van der Waals surface area contributed by atoms with Crippen molar-refractivity contribution < 1.29 is 4.79 Å². The van der Waals surface area contributed by atoms with Gasteiger partial charge in [-0.05, 0) is 31.5 Å². The van der Waals surface area contributed by atoms with Crippen LogP contribution in [0.25, 0.3) is 10.9 Å². The third kappa shape index (κ3) is 2.24. The molecule has 0 aliphatic heterocycles. The number of amides is 1. The molecule has 1 aromatic heterocycles. The summed E-state index contributed by atoms with van der Waals surface area (Å²) in [5.41, 5.74) is 2.10. The molecule has 1 fully saturated rings. The summed E-state index contributed by atoms with van der Waals surface area (Å²) in [6.45, 7) is 1.36. The molecule has 1 heterocycles. The number of fused-ring (bicyclic) bond motifs is 1. The summed E-state index contributed by atoms with van der Waals surface area (Å²) in [5, 5.41) is 7.35. The molecule has 3 N–H and O–H groups in total. The average Bonchev–Trinajstić information content (AvgIpc) is 3.10. The van der Waals surface area contributed by atoms with Crippen molar-refractivity contribution in [3.05, 3.63) is 36.0 Å². The standard InChI is InChI=1S/C15H19N3O/c1-16-10-15(6-7-15)14(19)18-9-11-8-17-13-5-3-2-4-12(11)13/h2-5,8,16-17H,6-7,9-10H2,1H3,(H,18,19). The molecule has 0 bridgehead atoms. The summed E-state index contributed by atoms with van der Waals surface area (Å²) in [6, 6.07) is 8.15. The van der Waals surface area contributed by atoms with Gasteiger partial charge in [-0.2, -0.15) is 0 Å². The van der Waals surface area contributed by atoms with E-state index in [9.17, 15) is 4.79 Å². The molecule has 1 saturated carbocycles.